The maximum absolute atomic E-state index is 13.3. The second-order valence-electron chi connectivity index (χ2n) is 8.69. The average molecular weight is 614 g/mol. The van der Waals surface area contributed by atoms with E-state index in [1.165, 1.54) is 57.0 Å². The number of rotatable bonds is 11. The van der Waals surface area contributed by atoms with E-state index in [-0.39, 0.29) is 34.4 Å². The first kappa shape index (κ1) is 28.5. The molecular formula is C25H23N7O6S3. The summed E-state index contributed by atoms with van der Waals surface area (Å²) in [4.78, 5) is 46.2. The van der Waals surface area contributed by atoms with Crippen LogP contribution in [-0.2, 0) is 26.3 Å². The summed E-state index contributed by atoms with van der Waals surface area (Å²) in [5, 5.41) is 37.7. The van der Waals surface area contributed by atoms with Gasteiger partial charge in [0, 0.05) is 29.0 Å². The normalized spacial score (nSPS) is 18.5. The molecule has 16 heteroatoms. The number of carboxylic acids is 1. The van der Waals surface area contributed by atoms with E-state index in [2.05, 4.69) is 26.0 Å². The van der Waals surface area contributed by atoms with Gasteiger partial charge in [0.2, 0.25) is 5.16 Å². The Labute approximate surface area is 246 Å². The highest BCUT2D eigenvalue weighted by atomic mass is 32.2. The largest absolute Gasteiger partial charge is 0.508 e. The molecule has 3 heterocycles. The van der Waals surface area contributed by atoms with Crippen molar-refractivity contribution >= 4 is 58.8 Å². The third-order valence-corrected chi connectivity index (χ3v) is 9.27. The molecule has 13 nitrogen and oxygen atoms in total. The predicted molar refractivity (Wildman–Crippen MR) is 152 cm³/mol. The van der Waals surface area contributed by atoms with Crippen molar-refractivity contribution in [3.63, 3.8) is 0 Å². The number of aliphatic carboxylic acids is 1. The van der Waals surface area contributed by atoms with Crippen molar-refractivity contribution in [2.75, 3.05) is 17.4 Å². The molecule has 0 saturated carbocycles. The molecule has 1 aromatic heterocycles. The number of β-lactam (4-membered cyclic amide) rings is 1. The van der Waals surface area contributed by atoms with E-state index in [1.807, 2.05) is 30.3 Å². The number of hydrogen-bond donors (Lipinski definition) is 3. The van der Waals surface area contributed by atoms with Crippen molar-refractivity contribution in [1.29, 1.82) is 0 Å². The summed E-state index contributed by atoms with van der Waals surface area (Å²) in [5.41, 5.74) is 0.604. The molecule has 1 saturated heterocycles. The monoisotopic (exact) mass is 613 g/mol. The molecule has 0 spiro atoms. The van der Waals surface area contributed by atoms with Gasteiger partial charge in [0.05, 0.1) is 0 Å². The van der Waals surface area contributed by atoms with Crippen LogP contribution in [-0.4, -0.2) is 87.7 Å². The van der Waals surface area contributed by atoms with Gasteiger partial charge in [-0.2, -0.15) is 0 Å². The number of thioether (sulfide) groups is 3. The Morgan fingerprint density at radius 1 is 1.20 bits per heavy atom. The zero-order chi connectivity index (χ0) is 28.9. The number of nitrogens with one attached hydrogen (secondary N) is 1. The van der Waals surface area contributed by atoms with Gasteiger partial charge in [-0.3, -0.25) is 14.5 Å². The molecule has 5 rings (SSSR count). The number of phenols is 1. The Balaban J connectivity index is 1.29. The summed E-state index contributed by atoms with van der Waals surface area (Å²) in [6, 6.07) is 14.5. The van der Waals surface area contributed by atoms with Crippen LogP contribution >= 0.6 is 35.3 Å². The fraction of sp³-hybridized carbons (Fsp3) is 0.240. The number of tetrazole rings is 1. The van der Waals surface area contributed by atoms with Crippen LogP contribution in [0.15, 0.2) is 81.1 Å². The quantitative estimate of drug-likeness (QED) is 0.0718. The van der Waals surface area contributed by atoms with Gasteiger partial charge in [0.25, 0.3) is 11.8 Å². The van der Waals surface area contributed by atoms with Crippen molar-refractivity contribution in [1.82, 2.24) is 30.4 Å². The molecule has 212 valence electrons. The van der Waals surface area contributed by atoms with Gasteiger partial charge in [-0.15, -0.1) is 16.9 Å². The molecule has 2 amide bonds. The van der Waals surface area contributed by atoms with Gasteiger partial charge in [0.1, 0.15) is 22.9 Å². The number of hydrogen-bond acceptors (Lipinski definition) is 12. The first-order valence-corrected chi connectivity index (χ1v) is 15.1. The van der Waals surface area contributed by atoms with Crippen molar-refractivity contribution in [3.05, 3.63) is 71.4 Å². The Hall–Kier alpha value is -4.02. The molecule has 0 bridgehead atoms. The molecule has 2 unspecified atom stereocenters. The van der Waals surface area contributed by atoms with Gasteiger partial charge in [0.15, 0.2) is 11.7 Å². The molecule has 0 aliphatic carbocycles. The van der Waals surface area contributed by atoms with Crippen LogP contribution in [0, 0.1) is 0 Å². The molecule has 0 radical (unpaired) electrons. The van der Waals surface area contributed by atoms with E-state index in [4.69, 9.17) is 4.84 Å². The van der Waals surface area contributed by atoms with Crippen molar-refractivity contribution < 1.29 is 29.4 Å². The highest BCUT2D eigenvalue weighted by molar-refractivity contribution is 8.01. The topological polar surface area (TPSA) is 172 Å². The molecule has 41 heavy (non-hydrogen) atoms. The fourth-order valence-electron chi connectivity index (χ4n) is 4.08. The zero-order valence-electron chi connectivity index (χ0n) is 21.4. The second kappa shape index (κ2) is 12.7. The number of carbonyl (C=O) groups is 3. The van der Waals surface area contributed by atoms with E-state index < -0.39 is 29.2 Å². The number of phenolic OH excluding ortho intramolecular Hbond substituents is 1. The van der Waals surface area contributed by atoms with Crippen molar-refractivity contribution in [2.45, 2.75) is 21.5 Å². The summed E-state index contributed by atoms with van der Waals surface area (Å²) >= 11 is 3.99. The molecule has 2 aliphatic heterocycles. The number of amides is 2. The second-order valence-corrected chi connectivity index (χ2v) is 11.7. The Morgan fingerprint density at radius 2 is 2.00 bits per heavy atom. The van der Waals surface area contributed by atoms with E-state index >= 15 is 0 Å². The first-order valence-electron chi connectivity index (χ1n) is 12.1. The summed E-state index contributed by atoms with van der Waals surface area (Å²) in [6.07, 6.45) is 0. The van der Waals surface area contributed by atoms with Crippen LogP contribution in [0.2, 0.25) is 0 Å². The number of benzene rings is 2. The number of carboxylic acid groups (broad SMARTS) is 1. The molecule has 3 aromatic rings. The molecule has 1 fully saturated rings. The van der Waals surface area contributed by atoms with Gasteiger partial charge >= 0.3 is 5.97 Å². The van der Waals surface area contributed by atoms with Crippen LogP contribution in [0.4, 0.5) is 0 Å². The minimum absolute atomic E-state index is 0.0749. The Morgan fingerprint density at radius 3 is 2.71 bits per heavy atom. The maximum atomic E-state index is 13.3. The number of aromatic hydroxyl groups is 1. The van der Waals surface area contributed by atoms with Gasteiger partial charge in [-0.1, -0.05) is 59.0 Å². The predicted octanol–water partition coefficient (Wildman–Crippen LogP) is 1.92. The van der Waals surface area contributed by atoms with Crippen LogP contribution in [0.5, 0.6) is 5.75 Å². The number of aryl methyl sites for hydroxylation is 1. The van der Waals surface area contributed by atoms with Gasteiger partial charge in [-0.05, 0) is 40.3 Å². The van der Waals surface area contributed by atoms with Crippen molar-refractivity contribution in [2.24, 2.45) is 12.2 Å². The van der Waals surface area contributed by atoms with Gasteiger partial charge < -0.3 is 20.4 Å². The number of carbonyl (C=O) groups excluding carboxylic acids is 2. The van der Waals surface area contributed by atoms with Gasteiger partial charge in [-0.25, -0.2) is 9.48 Å². The molecule has 2 atom stereocenters. The van der Waals surface area contributed by atoms with Crippen LogP contribution in [0.25, 0.3) is 0 Å². The zero-order valence-corrected chi connectivity index (χ0v) is 23.9. The van der Waals surface area contributed by atoms with E-state index in [1.54, 1.807) is 19.2 Å². The fourth-order valence-corrected chi connectivity index (χ4v) is 7.01. The number of nitrogens with zero attached hydrogens (tertiary/aromatic N) is 6. The van der Waals surface area contributed by atoms with Crippen LogP contribution < -0.4 is 5.32 Å². The standard InChI is InChI=1S/C25H23N7O6S3/c1-31-25(27-29-30-31)40-12-15-11-39-23-19(22(35)32(23)20(15)24(36)37)26-21(34)18(14-6-5-7-16(33)10-14)28-38-13-41-17-8-3-2-4-9-17/h2-10,19,23,33H,11-13H2,1H3,(H,26,34)(H,36,37)/b28-18+. The lowest BCUT2D eigenvalue weighted by molar-refractivity contribution is -0.150. The lowest BCUT2D eigenvalue weighted by atomic mass is 10.0. The third kappa shape index (κ3) is 6.34. The smallest absolute Gasteiger partial charge is 0.352 e. The molecular weight excluding hydrogens is 591 g/mol. The highest BCUT2D eigenvalue weighted by Crippen LogP contribution is 2.41. The lowest BCUT2D eigenvalue weighted by Gasteiger charge is -2.49. The van der Waals surface area contributed by atoms with E-state index in [0.29, 0.717) is 16.5 Å². The lowest BCUT2D eigenvalue weighted by Crippen LogP contribution is -2.71. The summed E-state index contributed by atoms with van der Waals surface area (Å²) < 4.78 is 1.47. The first-order chi connectivity index (χ1) is 19.8. The van der Waals surface area contributed by atoms with E-state index in [9.17, 15) is 24.6 Å². The summed E-state index contributed by atoms with van der Waals surface area (Å²) in [7, 11) is 1.67. The maximum Gasteiger partial charge on any atom is 0.352 e. The minimum Gasteiger partial charge on any atom is -0.508 e. The highest BCUT2D eigenvalue weighted by Gasteiger charge is 2.54. The Bertz CT molecular complexity index is 1530. The third-order valence-electron chi connectivity index (χ3n) is 6.01. The van der Waals surface area contributed by atoms with E-state index in [0.717, 1.165) is 4.90 Å². The SMILES string of the molecule is Cn1nnnc1SCC1=C(C(=O)O)N2C(=O)C(NC(=O)/C(=N/OCSc3ccccc3)c3cccc(O)c3)C2SC1. The number of fused-ring (bicyclic) bond motifs is 1. The number of oxime groups is 1. The van der Waals surface area contributed by atoms with Crippen LogP contribution in [0.3, 0.4) is 0 Å². The molecule has 3 N–H and O–H groups in total. The molecule has 2 aliphatic rings. The molecule has 2 aromatic carbocycles. The summed E-state index contributed by atoms with van der Waals surface area (Å²) in [6.45, 7) is 0. The Kier molecular flexibility index (Phi) is 8.80. The number of aromatic nitrogens is 4. The van der Waals surface area contributed by atoms with Crippen molar-refractivity contribution in [3.8, 4) is 5.75 Å². The average Bonchev–Trinajstić information content (AvgIpc) is 3.38. The minimum atomic E-state index is -1.23. The summed E-state index contributed by atoms with van der Waals surface area (Å²) in [5.74, 6) is -1.81. The van der Waals surface area contributed by atoms with Crippen LogP contribution in [0.1, 0.15) is 5.56 Å².